The lowest BCUT2D eigenvalue weighted by Gasteiger charge is -2.00. The highest BCUT2D eigenvalue weighted by Gasteiger charge is 2.02. The third-order valence-electron chi connectivity index (χ3n) is 2.10. The Kier molecular flexibility index (Phi) is 3.24. The lowest BCUT2D eigenvalue weighted by Crippen LogP contribution is -2.24. The van der Waals surface area contributed by atoms with Gasteiger partial charge < -0.3 is 5.73 Å². The molecular weight excluding hydrogens is 239 g/mol. The predicted molar refractivity (Wildman–Crippen MR) is 69.2 cm³/mol. The van der Waals surface area contributed by atoms with Crippen LogP contribution in [0, 0.1) is 5.82 Å². The Morgan fingerprint density at radius 3 is 3.12 bits per heavy atom. The van der Waals surface area contributed by atoms with E-state index in [1.807, 2.05) is 6.07 Å². The molecule has 0 amide bonds. The zero-order valence-corrected chi connectivity index (χ0v) is 9.54. The maximum absolute atomic E-state index is 13.6. The predicted octanol–water partition coefficient (Wildman–Crippen LogP) is 1.54. The molecule has 2 aromatic rings. The molecule has 0 saturated heterocycles. The van der Waals surface area contributed by atoms with Crippen molar-refractivity contribution in [2.24, 2.45) is 10.8 Å². The molecule has 86 valence electrons. The van der Waals surface area contributed by atoms with E-state index in [1.54, 1.807) is 18.3 Å². The summed E-state index contributed by atoms with van der Waals surface area (Å²) in [7, 11) is 0. The molecule has 3 N–H and O–H groups in total. The van der Waals surface area contributed by atoms with Crippen LogP contribution in [-0.2, 0) is 0 Å². The molecule has 0 aliphatic carbocycles. The number of hydrazone groups is 1. The van der Waals surface area contributed by atoms with Crippen molar-refractivity contribution in [1.82, 2.24) is 10.4 Å². The van der Waals surface area contributed by atoms with Crippen molar-refractivity contribution in [1.29, 1.82) is 0 Å². The highest BCUT2D eigenvalue weighted by molar-refractivity contribution is 7.80. The van der Waals surface area contributed by atoms with Crippen molar-refractivity contribution in [3.8, 4) is 0 Å². The van der Waals surface area contributed by atoms with E-state index in [0.29, 0.717) is 11.1 Å². The quantitative estimate of drug-likeness (QED) is 0.481. The molecule has 0 fully saturated rings. The fraction of sp³-hybridized carbons (Fsp3) is 0. The van der Waals surface area contributed by atoms with Gasteiger partial charge in [0.05, 0.1) is 11.7 Å². The zero-order chi connectivity index (χ0) is 12.3. The first-order chi connectivity index (χ1) is 8.16. The van der Waals surface area contributed by atoms with E-state index in [2.05, 4.69) is 27.7 Å². The molecule has 0 aliphatic heterocycles. The van der Waals surface area contributed by atoms with E-state index in [4.69, 9.17) is 5.73 Å². The SMILES string of the molecule is NC(=S)NN=Cc1cc2cccnc2cc1F. The van der Waals surface area contributed by atoms with Crippen molar-refractivity contribution in [3.05, 3.63) is 41.8 Å². The zero-order valence-electron chi connectivity index (χ0n) is 8.72. The van der Waals surface area contributed by atoms with E-state index in [9.17, 15) is 4.39 Å². The van der Waals surface area contributed by atoms with E-state index in [-0.39, 0.29) is 5.11 Å². The fourth-order valence-electron chi connectivity index (χ4n) is 1.38. The first kappa shape index (κ1) is 11.4. The van der Waals surface area contributed by atoms with E-state index < -0.39 is 5.82 Å². The van der Waals surface area contributed by atoms with Gasteiger partial charge in [0.15, 0.2) is 5.11 Å². The molecule has 0 unspecified atom stereocenters. The van der Waals surface area contributed by atoms with Crippen LogP contribution in [0.15, 0.2) is 35.6 Å². The highest BCUT2D eigenvalue weighted by Crippen LogP contribution is 2.15. The van der Waals surface area contributed by atoms with Gasteiger partial charge in [0, 0.05) is 23.2 Å². The summed E-state index contributed by atoms with van der Waals surface area (Å²) in [6.07, 6.45) is 2.94. The number of rotatable bonds is 2. The third kappa shape index (κ3) is 2.73. The summed E-state index contributed by atoms with van der Waals surface area (Å²) in [5.41, 5.74) is 8.50. The average molecular weight is 248 g/mol. The Balaban J connectivity index is 2.37. The number of pyridine rings is 1. The maximum atomic E-state index is 13.6. The van der Waals surface area contributed by atoms with Crippen LogP contribution in [0.1, 0.15) is 5.56 Å². The van der Waals surface area contributed by atoms with Crippen LogP contribution in [0.25, 0.3) is 10.9 Å². The Morgan fingerprint density at radius 2 is 2.35 bits per heavy atom. The van der Waals surface area contributed by atoms with Crippen LogP contribution in [0.3, 0.4) is 0 Å². The number of benzene rings is 1. The second-order valence-electron chi connectivity index (χ2n) is 3.30. The first-order valence-electron chi connectivity index (χ1n) is 4.79. The molecule has 1 aromatic carbocycles. The molecular formula is C11H9FN4S. The third-order valence-corrected chi connectivity index (χ3v) is 2.19. The van der Waals surface area contributed by atoms with Gasteiger partial charge in [0.2, 0.25) is 0 Å². The Morgan fingerprint density at radius 1 is 1.53 bits per heavy atom. The maximum Gasteiger partial charge on any atom is 0.184 e. The van der Waals surface area contributed by atoms with Gasteiger partial charge in [-0.25, -0.2) is 4.39 Å². The Bertz CT molecular complexity index is 597. The van der Waals surface area contributed by atoms with Crippen LogP contribution in [-0.4, -0.2) is 16.3 Å². The summed E-state index contributed by atoms with van der Waals surface area (Å²) in [5, 5.41) is 4.58. The molecule has 17 heavy (non-hydrogen) atoms. The molecule has 0 spiro atoms. The Hall–Kier alpha value is -2.08. The summed E-state index contributed by atoms with van der Waals surface area (Å²) >= 11 is 4.57. The van der Waals surface area contributed by atoms with Crippen molar-refractivity contribution in [2.45, 2.75) is 0 Å². The summed E-state index contributed by atoms with van der Waals surface area (Å²) < 4.78 is 13.6. The molecule has 4 nitrogen and oxygen atoms in total. The number of fused-ring (bicyclic) bond motifs is 1. The van der Waals surface area contributed by atoms with Gasteiger partial charge in [-0.3, -0.25) is 10.4 Å². The summed E-state index contributed by atoms with van der Waals surface area (Å²) in [4.78, 5) is 4.05. The molecule has 2 rings (SSSR count). The minimum Gasteiger partial charge on any atom is -0.375 e. The van der Waals surface area contributed by atoms with Crippen LogP contribution in [0.4, 0.5) is 4.39 Å². The largest absolute Gasteiger partial charge is 0.375 e. The van der Waals surface area contributed by atoms with Crippen molar-refractivity contribution in [3.63, 3.8) is 0 Å². The van der Waals surface area contributed by atoms with Gasteiger partial charge in [0.25, 0.3) is 0 Å². The smallest absolute Gasteiger partial charge is 0.184 e. The molecule has 0 radical (unpaired) electrons. The van der Waals surface area contributed by atoms with Crippen molar-refractivity contribution >= 4 is 34.4 Å². The molecule has 0 aliphatic rings. The number of nitrogens with one attached hydrogen (secondary N) is 1. The average Bonchev–Trinajstić information content (AvgIpc) is 2.29. The Labute approximate surface area is 102 Å². The first-order valence-corrected chi connectivity index (χ1v) is 5.20. The van der Waals surface area contributed by atoms with Crippen LogP contribution in [0.2, 0.25) is 0 Å². The van der Waals surface area contributed by atoms with Gasteiger partial charge >= 0.3 is 0 Å². The highest BCUT2D eigenvalue weighted by atomic mass is 32.1. The lowest BCUT2D eigenvalue weighted by atomic mass is 10.1. The summed E-state index contributed by atoms with van der Waals surface area (Å²) in [6.45, 7) is 0. The van der Waals surface area contributed by atoms with Crippen molar-refractivity contribution < 1.29 is 4.39 Å². The van der Waals surface area contributed by atoms with Crippen molar-refractivity contribution in [2.75, 3.05) is 0 Å². The van der Waals surface area contributed by atoms with Crippen LogP contribution >= 0.6 is 12.2 Å². The van der Waals surface area contributed by atoms with Crippen LogP contribution < -0.4 is 11.2 Å². The number of aromatic nitrogens is 1. The number of halogens is 1. The number of nitrogens with two attached hydrogens (primary N) is 1. The molecule has 0 saturated carbocycles. The monoisotopic (exact) mass is 248 g/mol. The van der Waals surface area contributed by atoms with E-state index >= 15 is 0 Å². The van der Waals surface area contributed by atoms with Gasteiger partial charge in [-0.1, -0.05) is 6.07 Å². The number of thiocarbonyl (C=S) groups is 1. The topological polar surface area (TPSA) is 63.3 Å². The number of hydrogen-bond acceptors (Lipinski definition) is 3. The molecule has 1 heterocycles. The van der Waals surface area contributed by atoms with Crippen LogP contribution in [0.5, 0.6) is 0 Å². The fourth-order valence-corrected chi connectivity index (χ4v) is 1.43. The minimum absolute atomic E-state index is 0.0316. The molecule has 0 bridgehead atoms. The summed E-state index contributed by atoms with van der Waals surface area (Å²) in [6, 6.07) is 6.65. The van der Waals surface area contributed by atoms with Gasteiger partial charge in [-0.05, 0) is 24.4 Å². The standard InChI is InChI=1S/C11H9FN4S/c12-9-5-10-7(2-1-3-14-10)4-8(9)6-15-16-11(13)17/h1-6H,(H3,13,16,17). The minimum atomic E-state index is -0.398. The number of hydrogen-bond donors (Lipinski definition) is 2. The molecule has 0 atom stereocenters. The summed E-state index contributed by atoms with van der Waals surface area (Å²) in [5.74, 6) is -0.398. The number of nitrogens with zero attached hydrogens (tertiary/aromatic N) is 2. The second kappa shape index (κ2) is 4.84. The van der Waals surface area contributed by atoms with E-state index in [0.717, 1.165) is 5.39 Å². The lowest BCUT2D eigenvalue weighted by molar-refractivity contribution is 0.627. The van der Waals surface area contributed by atoms with Gasteiger partial charge in [-0.15, -0.1) is 0 Å². The molecule has 6 heteroatoms. The van der Waals surface area contributed by atoms with Gasteiger partial charge in [0.1, 0.15) is 5.82 Å². The second-order valence-corrected chi connectivity index (χ2v) is 3.74. The van der Waals surface area contributed by atoms with Gasteiger partial charge in [-0.2, -0.15) is 5.10 Å². The van der Waals surface area contributed by atoms with E-state index in [1.165, 1.54) is 12.3 Å². The molecule has 1 aromatic heterocycles. The normalized spacial score (nSPS) is 10.9.